The van der Waals surface area contributed by atoms with Gasteiger partial charge in [-0.1, -0.05) is 39.0 Å². The van der Waals surface area contributed by atoms with Crippen LogP contribution in [0.1, 0.15) is 32.3 Å². The summed E-state index contributed by atoms with van der Waals surface area (Å²) < 4.78 is 11.5. The Labute approximate surface area is 137 Å². The molecule has 0 fully saturated rings. The van der Waals surface area contributed by atoms with Crippen molar-refractivity contribution in [2.24, 2.45) is 0 Å². The van der Waals surface area contributed by atoms with Crippen molar-refractivity contribution in [1.82, 2.24) is 0 Å². The summed E-state index contributed by atoms with van der Waals surface area (Å²) in [5, 5.41) is 11.0. The highest BCUT2D eigenvalue weighted by Crippen LogP contribution is 2.42. The summed E-state index contributed by atoms with van der Waals surface area (Å²) in [6.45, 7) is 9.86. The minimum Gasteiger partial charge on any atom is -0.424 e. The number of ether oxygens (including phenoxy) is 1. The fraction of sp³-hybridized carbons (Fsp3) is 0.562. The van der Waals surface area contributed by atoms with Crippen molar-refractivity contribution in [3.05, 3.63) is 39.9 Å². The summed E-state index contributed by atoms with van der Waals surface area (Å²) >= 11 is 0. The van der Waals surface area contributed by atoms with Crippen molar-refractivity contribution in [1.29, 1.82) is 0 Å². The van der Waals surface area contributed by atoms with E-state index in [4.69, 9.17) is 9.16 Å². The van der Waals surface area contributed by atoms with Crippen LogP contribution in [0.5, 0.6) is 5.75 Å². The summed E-state index contributed by atoms with van der Waals surface area (Å²) in [6, 6.07) is 6.94. The quantitative estimate of drug-likeness (QED) is 0.277. The van der Waals surface area contributed by atoms with Crippen molar-refractivity contribution in [2.45, 2.75) is 50.9 Å². The molecule has 7 heteroatoms. The second-order valence-corrected chi connectivity index (χ2v) is 12.1. The van der Waals surface area contributed by atoms with E-state index in [9.17, 15) is 14.9 Å². The number of hydrogen-bond acceptors (Lipinski definition) is 5. The van der Waals surface area contributed by atoms with Gasteiger partial charge in [0.1, 0.15) is 5.75 Å². The number of carbonyl (C=O) groups is 1. The Kier molecular flexibility index (Phi) is 4.63. The number of nitro groups is 1. The van der Waals surface area contributed by atoms with Crippen LogP contribution in [-0.4, -0.2) is 31.9 Å². The van der Waals surface area contributed by atoms with E-state index in [1.165, 1.54) is 0 Å². The molecule has 0 saturated carbocycles. The number of esters is 1. The molecular weight excluding hydrogens is 314 g/mol. The minimum atomic E-state index is -2.27. The van der Waals surface area contributed by atoms with Crippen LogP contribution in [0.25, 0.3) is 0 Å². The normalized spacial score (nSPS) is 21.5. The van der Waals surface area contributed by atoms with Crippen LogP contribution in [0.15, 0.2) is 24.3 Å². The Hall–Kier alpha value is -1.73. The average molecular weight is 337 g/mol. The predicted molar refractivity (Wildman–Crippen MR) is 88.7 cm³/mol. The topological polar surface area (TPSA) is 78.7 Å². The lowest BCUT2D eigenvalue weighted by Gasteiger charge is -2.41. The Bertz CT molecular complexity index is 623. The lowest BCUT2D eigenvalue weighted by atomic mass is 9.90. The predicted octanol–water partition coefficient (Wildman–Crippen LogP) is 3.36. The number of rotatable bonds is 4. The summed E-state index contributed by atoms with van der Waals surface area (Å²) in [4.78, 5) is 23.1. The van der Waals surface area contributed by atoms with Gasteiger partial charge in [0.25, 0.3) is 0 Å². The molecular formula is C16H23NO5Si. The van der Waals surface area contributed by atoms with Gasteiger partial charge in [0.05, 0.1) is 5.92 Å². The molecule has 0 unspecified atom stereocenters. The SMILES string of the molecule is CC(C)(C)[Si](C)(C)O[C@H]1C(=O)Oc2ccccc2[C@H]1C[N+](=O)[O-]. The smallest absolute Gasteiger partial charge is 0.340 e. The highest BCUT2D eigenvalue weighted by molar-refractivity contribution is 6.74. The third-order valence-corrected chi connectivity index (χ3v) is 9.16. The molecule has 2 atom stereocenters. The first-order valence-electron chi connectivity index (χ1n) is 7.63. The Morgan fingerprint density at radius 3 is 2.48 bits per heavy atom. The zero-order valence-electron chi connectivity index (χ0n) is 14.2. The zero-order valence-corrected chi connectivity index (χ0v) is 15.2. The van der Waals surface area contributed by atoms with E-state index in [1.54, 1.807) is 24.3 Å². The largest absolute Gasteiger partial charge is 0.424 e. The number of para-hydroxylation sites is 1. The lowest BCUT2D eigenvalue weighted by Crippen LogP contribution is -2.51. The maximum atomic E-state index is 12.4. The molecule has 0 saturated heterocycles. The molecule has 0 aliphatic carbocycles. The molecule has 1 aliphatic rings. The minimum absolute atomic E-state index is 0.108. The maximum absolute atomic E-state index is 12.4. The molecule has 1 aromatic carbocycles. The second-order valence-electron chi connectivity index (χ2n) is 7.38. The van der Waals surface area contributed by atoms with Crippen LogP contribution in [-0.2, 0) is 9.22 Å². The summed E-state index contributed by atoms with van der Waals surface area (Å²) in [7, 11) is -2.27. The maximum Gasteiger partial charge on any atom is 0.340 e. The number of nitrogens with zero attached hydrogens (tertiary/aromatic N) is 1. The first kappa shape index (κ1) is 17.6. The van der Waals surface area contributed by atoms with E-state index in [1.807, 2.05) is 13.1 Å². The van der Waals surface area contributed by atoms with E-state index in [-0.39, 0.29) is 11.6 Å². The van der Waals surface area contributed by atoms with Gasteiger partial charge in [-0.2, -0.15) is 0 Å². The molecule has 0 N–H and O–H groups in total. The van der Waals surface area contributed by atoms with E-state index < -0.39 is 31.2 Å². The first-order valence-corrected chi connectivity index (χ1v) is 10.5. The van der Waals surface area contributed by atoms with Crippen LogP contribution >= 0.6 is 0 Å². The van der Waals surface area contributed by atoms with Gasteiger partial charge >= 0.3 is 5.97 Å². The van der Waals surface area contributed by atoms with Gasteiger partial charge in [-0.25, -0.2) is 4.79 Å². The molecule has 6 nitrogen and oxygen atoms in total. The van der Waals surface area contributed by atoms with E-state index >= 15 is 0 Å². The first-order chi connectivity index (χ1) is 10.5. The van der Waals surface area contributed by atoms with Crippen molar-refractivity contribution in [3.63, 3.8) is 0 Å². The van der Waals surface area contributed by atoms with Gasteiger partial charge in [-0.15, -0.1) is 0 Å². The molecule has 0 spiro atoms. The second kappa shape index (κ2) is 6.05. The van der Waals surface area contributed by atoms with Gasteiger partial charge in [0.15, 0.2) is 14.4 Å². The number of carbonyl (C=O) groups excluding carboxylic acids is 1. The third kappa shape index (κ3) is 3.61. The van der Waals surface area contributed by atoms with Crippen LogP contribution in [0, 0.1) is 10.1 Å². The monoisotopic (exact) mass is 337 g/mol. The molecule has 0 aromatic heterocycles. The molecule has 23 heavy (non-hydrogen) atoms. The fourth-order valence-corrected chi connectivity index (χ4v) is 3.60. The standard InChI is InChI=1S/C16H23NO5Si/c1-16(2,3)23(4,5)22-14-12(10-17(19)20)11-8-6-7-9-13(11)21-15(14)18/h6-9,12,14H,10H2,1-5H3/t12-,14-/m1/s1. The Morgan fingerprint density at radius 1 is 1.30 bits per heavy atom. The summed E-state index contributed by atoms with van der Waals surface area (Å²) in [5.41, 5.74) is 0.660. The summed E-state index contributed by atoms with van der Waals surface area (Å²) in [5.74, 6) is -0.781. The van der Waals surface area contributed by atoms with Crippen molar-refractivity contribution in [2.75, 3.05) is 6.54 Å². The lowest BCUT2D eigenvalue weighted by molar-refractivity contribution is -0.485. The number of fused-ring (bicyclic) bond motifs is 1. The van der Waals surface area contributed by atoms with Crippen molar-refractivity contribution < 1.29 is 18.9 Å². The Morgan fingerprint density at radius 2 is 1.91 bits per heavy atom. The Balaban J connectivity index is 2.41. The van der Waals surface area contributed by atoms with Gasteiger partial charge in [-0.3, -0.25) is 10.1 Å². The molecule has 0 radical (unpaired) electrons. The van der Waals surface area contributed by atoms with Gasteiger partial charge in [0.2, 0.25) is 6.54 Å². The third-order valence-electron chi connectivity index (χ3n) is 4.70. The molecule has 1 heterocycles. The van der Waals surface area contributed by atoms with Gasteiger partial charge in [0, 0.05) is 10.5 Å². The van der Waals surface area contributed by atoms with E-state index in [0.717, 1.165) is 0 Å². The number of hydrogen-bond donors (Lipinski definition) is 0. The zero-order chi connectivity index (χ0) is 17.4. The molecule has 0 bridgehead atoms. The fourth-order valence-electron chi connectivity index (χ4n) is 2.35. The van der Waals surface area contributed by atoms with Crippen LogP contribution in [0.2, 0.25) is 18.1 Å². The molecule has 126 valence electrons. The highest BCUT2D eigenvalue weighted by Gasteiger charge is 2.47. The average Bonchev–Trinajstić information content (AvgIpc) is 2.41. The van der Waals surface area contributed by atoms with Crippen LogP contribution in [0.4, 0.5) is 0 Å². The highest BCUT2D eigenvalue weighted by atomic mass is 28.4. The van der Waals surface area contributed by atoms with Gasteiger partial charge < -0.3 is 9.16 Å². The molecule has 1 aliphatic heterocycles. The van der Waals surface area contributed by atoms with Crippen LogP contribution in [0.3, 0.4) is 0 Å². The summed E-state index contributed by atoms with van der Waals surface area (Å²) in [6.07, 6.45) is -0.934. The van der Waals surface area contributed by atoms with Crippen molar-refractivity contribution >= 4 is 14.3 Å². The van der Waals surface area contributed by atoms with E-state index in [0.29, 0.717) is 11.3 Å². The van der Waals surface area contributed by atoms with Crippen molar-refractivity contribution in [3.8, 4) is 5.75 Å². The molecule has 0 amide bonds. The van der Waals surface area contributed by atoms with Gasteiger partial charge in [-0.05, 0) is 24.2 Å². The number of benzene rings is 1. The van der Waals surface area contributed by atoms with E-state index in [2.05, 4.69) is 20.8 Å². The molecule has 2 rings (SSSR count). The molecule has 1 aromatic rings. The van der Waals surface area contributed by atoms with Crippen LogP contribution < -0.4 is 4.74 Å².